The van der Waals surface area contributed by atoms with E-state index in [1.807, 2.05) is 44.2 Å². The van der Waals surface area contributed by atoms with Crippen LogP contribution in [-0.4, -0.2) is 12.6 Å². The van der Waals surface area contributed by atoms with E-state index in [1.54, 1.807) is 6.07 Å². The molecule has 19 heavy (non-hydrogen) atoms. The van der Waals surface area contributed by atoms with Crippen LogP contribution in [0.3, 0.4) is 0 Å². The molecule has 0 unspecified atom stereocenters. The molecule has 0 bridgehead atoms. The molecule has 0 saturated heterocycles. The number of carbonyl (C=O) groups excluding carboxylic acids is 1. The Morgan fingerprint density at radius 2 is 1.63 bits per heavy atom. The first kappa shape index (κ1) is 11.8. The van der Waals surface area contributed by atoms with Crippen molar-refractivity contribution in [3.63, 3.8) is 0 Å². The summed E-state index contributed by atoms with van der Waals surface area (Å²) in [5.41, 5.74) is 3.38. The number of rotatable bonds is 2. The van der Waals surface area contributed by atoms with Gasteiger partial charge in [-0.2, -0.15) is 0 Å². The molecular formula is C16H14O3. The van der Waals surface area contributed by atoms with E-state index in [4.69, 9.17) is 9.47 Å². The van der Waals surface area contributed by atoms with Crippen LogP contribution in [0.1, 0.15) is 27.0 Å². The van der Waals surface area contributed by atoms with Crippen molar-refractivity contribution in [1.29, 1.82) is 0 Å². The molecule has 1 aliphatic rings. The van der Waals surface area contributed by atoms with Gasteiger partial charge in [0.1, 0.15) is 0 Å². The second kappa shape index (κ2) is 4.43. The quantitative estimate of drug-likeness (QED) is 0.772. The zero-order valence-electron chi connectivity index (χ0n) is 10.9. The number of fused-ring (bicyclic) bond motifs is 1. The zero-order valence-corrected chi connectivity index (χ0v) is 10.9. The van der Waals surface area contributed by atoms with Gasteiger partial charge < -0.3 is 9.47 Å². The molecule has 0 amide bonds. The molecule has 1 aliphatic heterocycles. The highest BCUT2D eigenvalue weighted by molar-refractivity contribution is 6.10. The predicted octanol–water partition coefficient (Wildman–Crippen LogP) is 3.26. The molecule has 0 aromatic heterocycles. The fourth-order valence-corrected chi connectivity index (χ4v) is 2.15. The summed E-state index contributed by atoms with van der Waals surface area (Å²) in [5, 5.41) is 0. The Bertz CT molecular complexity index is 642. The Hall–Kier alpha value is -2.29. The van der Waals surface area contributed by atoms with Crippen LogP contribution in [0.15, 0.2) is 36.4 Å². The SMILES string of the molecule is Cc1ccc(C(=O)c2cc3c(cc2C)OCO3)cc1. The van der Waals surface area contributed by atoms with Crippen LogP contribution >= 0.6 is 0 Å². The first-order valence-electron chi connectivity index (χ1n) is 6.17. The Balaban J connectivity index is 2.02. The van der Waals surface area contributed by atoms with Gasteiger partial charge in [0.2, 0.25) is 6.79 Å². The maximum Gasteiger partial charge on any atom is 0.231 e. The van der Waals surface area contributed by atoms with Crippen molar-refractivity contribution in [2.45, 2.75) is 13.8 Å². The van der Waals surface area contributed by atoms with Gasteiger partial charge in [0, 0.05) is 11.1 Å². The van der Waals surface area contributed by atoms with Crippen molar-refractivity contribution in [2.75, 3.05) is 6.79 Å². The van der Waals surface area contributed by atoms with Gasteiger partial charge in [-0.15, -0.1) is 0 Å². The lowest BCUT2D eigenvalue weighted by Crippen LogP contribution is -2.03. The van der Waals surface area contributed by atoms with Crippen molar-refractivity contribution in [3.05, 3.63) is 58.7 Å². The van der Waals surface area contributed by atoms with E-state index in [1.165, 1.54) is 0 Å². The topological polar surface area (TPSA) is 35.5 Å². The normalized spacial score (nSPS) is 12.5. The van der Waals surface area contributed by atoms with Gasteiger partial charge in [-0.1, -0.05) is 29.8 Å². The molecule has 2 aromatic rings. The second-order valence-corrected chi connectivity index (χ2v) is 4.72. The third-order valence-electron chi connectivity index (χ3n) is 3.28. The molecule has 0 N–H and O–H groups in total. The van der Waals surface area contributed by atoms with Gasteiger partial charge in [0.25, 0.3) is 0 Å². The molecule has 0 radical (unpaired) electrons. The Morgan fingerprint density at radius 3 is 2.32 bits per heavy atom. The molecule has 0 spiro atoms. The van der Waals surface area contributed by atoms with E-state index in [2.05, 4.69) is 0 Å². The molecule has 1 heterocycles. The van der Waals surface area contributed by atoms with Gasteiger partial charge in [0.15, 0.2) is 17.3 Å². The van der Waals surface area contributed by atoms with E-state index in [-0.39, 0.29) is 12.6 Å². The van der Waals surface area contributed by atoms with Crippen LogP contribution in [0, 0.1) is 13.8 Å². The summed E-state index contributed by atoms with van der Waals surface area (Å²) in [7, 11) is 0. The minimum absolute atomic E-state index is 0.0100. The maximum absolute atomic E-state index is 12.5. The largest absolute Gasteiger partial charge is 0.454 e. The fraction of sp³-hybridized carbons (Fsp3) is 0.188. The molecule has 96 valence electrons. The van der Waals surface area contributed by atoms with Gasteiger partial charge in [0.05, 0.1) is 0 Å². The lowest BCUT2D eigenvalue weighted by molar-refractivity contribution is 0.103. The Labute approximate surface area is 111 Å². The van der Waals surface area contributed by atoms with E-state index in [0.29, 0.717) is 22.6 Å². The molecular weight excluding hydrogens is 240 g/mol. The fourth-order valence-electron chi connectivity index (χ4n) is 2.15. The predicted molar refractivity (Wildman–Crippen MR) is 71.9 cm³/mol. The summed E-state index contributed by atoms with van der Waals surface area (Å²) in [5.74, 6) is 1.36. The zero-order chi connectivity index (χ0) is 13.4. The summed E-state index contributed by atoms with van der Waals surface area (Å²) in [6.45, 7) is 4.13. The number of ketones is 1. The molecule has 0 atom stereocenters. The summed E-state index contributed by atoms with van der Waals surface area (Å²) < 4.78 is 10.6. The summed E-state index contributed by atoms with van der Waals surface area (Å²) in [4.78, 5) is 12.5. The van der Waals surface area contributed by atoms with Crippen LogP contribution < -0.4 is 9.47 Å². The number of carbonyl (C=O) groups is 1. The van der Waals surface area contributed by atoms with Crippen molar-refractivity contribution in [3.8, 4) is 11.5 Å². The smallest absolute Gasteiger partial charge is 0.231 e. The summed E-state index contributed by atoms with van der Waals surface area (Å²) in [6.07, 6.45) is 0. The van der Waals surface area contributed by atoms with Crippen LogP contribution in [0.4, 0.5) is 0 Å². The lowest BCUT2D eigenvalue weighted by atomic mass is 9.98. The maximum atomic E-state index is 12.5. The third-order valence-corrected chi connectivity index (χ3v) is 3.28. The lowest BCUT2D eigenvalue weighted by Gasteiger charge is -2.07. The van der Waals surface area contributed by atoms with Crippen molar-refractivity contribution >= 4 is 5.78 Å². The number of benzene rings is 2. The monoisotopic (exact) mass is 254 g/mol. The summed E-state index contributed by atoms with van der Waals surface area (Å²) in [6, 6.07) is 11.2. The molecule has 3 rings (SSSR count). The van der Waals surface area contributed by atoms with E-state index < -0.39 is 0 Å². The average molecular weight is 254 g/mol. The van der Waals surface area contributed by atoms with Crippen LogP contribution in [0.5, 0.6) is 11.5 Å². The Kier molecular flexibility index (Phi) is 2.75. The standard InChI is InChI=1S/C16H14O3/c1-10-3-5-12(6-4-10)16(17)13-8-15-14(7-11(13)2)18-9-19-15/h3-8H,9H2,1-2H3. The first-order valence-corrected chi connectivity index (χ1v) is 6.17. The van der Waals surface area contributed by atoms with Crippen LogP contribution in [-0.2, 0) is 0 Å². The minimum Gasteiger partial charge on any atom is -0.454 e. The third kappa shape index (κ3) is 2.08. The summed E-state index contributed by atoms with van der Waals surface area (Å²) >= 11 is 0. The van der Waals surface area contributed by atoms with Crippen molar-refractivity contribution in [1.82, 2.24) is 0 Å². The van der Waals surface area contributed by atoms with Crippen molar-refractivity contribution in [2.24, 2.45) is 0 Å². The number of ether oxygens (including phenoxy) is 2. The van der Waals surface area contributed by atoms with Crippen molar-refractivity contribution < 1.29 is 14.3 Å². The highest BCUT2D eigenvalue weighted by Gasteiger charge is 2.19. The number of aryl methyl sites for hydroxylation is 2. The molecule has 3 heteroatoms. The highest BCUT2D eigenvalue weighted by atomic mass is 16.7. The number of hydrogen-bond donors (Lipinski definition) is 0. The molecule has 0 aliphatic carbocycles. The molecule has 2 aromatic carbocycles. The Morgan fingerprint density at radius 1 is 1.00 bits per heavy atom. The molecule has 0 fully saturated rings. The van der Waals surface area contributed by atoms with Gasteiger partial charge in [-0.05, 0) is 31.5 Å². The van der Waals surface area contributed by atoms with E-state index in [0.717, 1.165) is 11.1 Å². The van der Waals surface area contributed by atoms with Gasteiger partial charge >= 0.3 is 0 Å². The minimum atomic E-state index is 0.0100. The van der Waals surface area contributed by atoms with E-state index in [9.17, 15) is 4.79 Å². The van der Waals surface area contributed by atoms with Crippen LogP contribution in [0.25, 0.3) is 0 Å². The number of hydrogen-bond acceptors (Lipinski definition) is 3. The van der Waals surface area contributed by atoms with Gasteiger partial charge in [-0.25, -0.2) is 0 Å². The van der Waals surface area contributed by atoms with E-state index >= 15 is 0 Å². The molecule has 0 saturated carbocycles. The van der Waals surface area contributed by atoms with Crippen LogP contribution in [0.2, 0.25) is 0 Å². The van der Waals surface area contributed by atoms with Gasteiger partial charge in [-0.3, -0.25) is 4.79 Å². The second-order valence-electron chi connectivity index (χ2n) is 4.72. The average Bonchev–Trinajstić information content (AvgIpc) is 2.85. The highest BCUT2D eigenvalue weighted by Crippen LogP contribution is 2.35. The first-order chi connectivity index (χ1) is 9.15. The molecule has 3 nitrogen and oxygen atoms in total.